The quantitative estimate of drug-likeness (QED) is 0.153. The number of hydrogen-bond donors (Lipinski definition) is 3. The Morgan fingerprint density at radius 3 is 1.96 bits per heavy atom. The first kappa shape index (κ1) is 43.1. The number of ether oxygens (including phenoxy) is 1. The number of carbonyl (C=O) groups excluding carboxylic acids is 1. The molecule has 0 bridgehead atoms. The van der Waals surface area contributed by atoms with Gasteiger partial charge in [0.1, 0.15) is 29.6 Å². The topological polar surface area (TPSA) is 91.4 Å². The van der Waals surface area contributed by atoms with Crippen LogP contribution in [0.25, 0.3) is 0 Å². The molecule has 3 aromatic rings. The minimum atomic E-state index is -1.38. The van der Waals surface area contributed by atoms with E-state index in [1.807, 2.05) is 36.4 Å². The van der Waals surface area contributed by atoms with Crippen LogP contribution in [0.1, 0.15) is 66.6 Å². The minimum Gasteiger partial charge on any atom is -0.713 e. The van der Waals surface area contributed by atoms with Crippen LogP contribution in [0.15, 0.2) is 54.6 Å². The van der Waals surface area contributed by atoms with E-state index < -0.39 is 17.4 Å². The standard InChI is InChI=1S/C22H26FN3O2.C14H20FN3.IS.2HI.V/c23-22(11-10-19-9-8-18-7-4-13-24-20(18)25-19)12-14-26(16-22)21(27)28-15-17-5-2-1-3-6-17;15-14(7-9-16-10-14)6-5-12-4-3-11-2-1-8-17-13(11)18-12;1-2;;;/h1-3,5-6,8-9H,4,7,10-16H2,(H,24,25);3-4,16H,1-2,5-10H2,(H,17,18);;2*1H;/q;;-1;;;+2/p-2. The Morgan fingerprint density at radius 2 is 1.41 bits per heavy atom. The fourth-order valence-electron chi connectivity index (χ4n) is 6.65. The van der Waals surface area contributed by atoms with Crippen LogP contribution in [0.5, 0.6) is 0 Å². The molecule has 0 spiro atoms. The van der Waals surface area contributed by atoms with E-state index in [0.29, 0.717) is 54.7 Å². The molecule has 51 heavy (non-hydrogen) atoms. The van der Waals surface area contributed by atoms with Crippen molar-refractivity contribution in [3.05, 3.63) is 82.7 Å². The van der Waals surface area contributed by atoms with Gasteiger partial charge in [0, 0.05) is 44.0 Å². The second kappa shape index (κ2) is 22.6. The first-order chi connectivity index (χ1) is 24.8. The van der Waals surface area contributed by atoms with E-state index in [1.54, 1.807) is 21.2 Å². The smallest absolute Gasteiger partial charge is 0.287 e. The number of hydrogen-bond acceptors (Lipinski definition) is 8. The van der Waals surface area contributed by atoms with Crippen molar-refractivity contribution < 1.29 is 27.8 Å². The minimum absolute atomic E-state index is 0.0871. The number of alkyl halides is 2. The molecule has 8 nitrogen and oxygen atoms in total. The van der Waals surface area contributed by atoms with Gasteiger partial charge in [0.2, 0.25) is 0 Å². The molecule has 4 aliphatic heterocycles. The number of amides is 1. The van der Waals surface area contributed by atoms with Crippen molar-refractivity contribution in [1.82, 2.24) is 20.2 Å². The first-order valence-electron chi connectivity index (χ1n) is 17.4. The van der Waals surface area contributed by atoms with Gasteiger partial charge >= 0.3 is 55.5 Å². The van der Waals surface area contributed by atoms with E-state index in [1.165, 1.54) is 22.4 Å². The number of pyridine rings is 2. The fraction of sp³-hybridized carbons (Fsp3) is 0.528. The molecule has 2 aromatic heterocycles. The van der Waals surface area contributed by atoms with Gasteiger partial charge in [0.15, 0.2) is 0 Å². The molecule has 2 fully saturated rings. The van der Waals surface area contributed by atoms with Crippen LogP contribution >= 0.6 is 61.2 Å². The molecular formula is C36H46F2I3N6O2SV-. The average molecular weight is 1100 g/mol. The van der Waals surface area contributed by atoms with Crippen LogP contribution in [-0.4, -0.2) is 71.6 Å². The zero-order valence-corrected chi connectivity index (χ0v) is 37.3. The first-order valence-corrected chi connectivity index (χ1v) is 29.3. The van der Waals surface area contributed by atoms with Gasteiger partial charge < -0.3 is 35.4 Å². The summed E-state index contributed by atoms with van der Waals surface area (Å²) in [4.78, 5) is 23.0. The number of likely N-dealkylation sites (tertiary alicyclic amines) is 1. The molecule has 7 rings (SSSR count). The monoisotopic (exact) mass is 1100 g/mol. The number of nitrogens with zero attached hydrogens (tertiary/aromatic N) is 3. The maximum Gasteiger partial charge on any atom is -0.287 e. The number of aryl methyl sites for hydroxylation is 4. The van der Waals surface area contributed by atoms with Gasteiger partial charge in [-0.05, 0) is 93.2 Å². The largest absolute Gasteiger partial charge is 0.713 e. The van der Waals surface area contributed by atoms with E-state index in [-0.39, 0.29) is 13.2 Å². The molecule has 15 heteroatoms. The van der Waals surface area contributed by atoms with E-state index in [0.717, 1.165) is 73.9 Å². The normalized spacial score (nSPS) is 21.4. The Morgan fingerprint density at radius 1 is 0.843 bits per heavy atom. The number of benzene rings is 1. The summed E-state index contributed by atoms with van der Waals surface area (Å²) in [5.74, 6) is 1.95. The Labute approximate surface area is 347 Å². The summed E-state index contributed by atoms with van der Waals surface area (Å²) in [5, 5.41) is 9.73. The molecule has 1 aromatic carbocycles. The molecule has 279 valence electrons. The van der Waals surface area contributed by atoms with Crippen molar-refractivity contribution >= 4 is 88.7 Å². The zero-order chi connectivity index (χ0) is 36.5. The Hall–Kier alpha value is -0.666. The third-order valence-corrected chi connectivity index (χ3v) is 9.52. The van der Waals surface area contributed by atoms with Crippen LogP contribution in [0.4, 0.5) is 25.2 Å². The molecular weight excluding hydrogens is 1050 g/mol. The van der Waals surface area contributed by atoms with Crippen molar-refractivity contribution in [3.63, 3.8) is 0 Å². The number of halogens is 5. The summed E-state index contributed by atoms with van der Waals surface area (Å²) in [6.45, 7) is 3.93. The number of rotatable bonds is 8. The van der Waals surface area contributed by atoms with Gasteiger partial charge in [0.25, 0.3) is 0 Å². The second-order valence-corrected chi connectivity index (χ2v) is 25.0. The number of anilines is 2. The van der Waals surface area contributed by atoms with Gasteiger partial charge in [-0.15, -0.1) is 0 Å². The van der Waals surface area contributed by atoms with Crippen LogP contribution < -0.4 is 16.0 Å². The Balaban J connectivity index is 0.000000218. The van der Waals surface area contributed by atoms with E-state index in [9.17, 15) is 9.18 Å². The van der Waals surface area contributed by atoms with Crippen LogP contribution in [0, 0.1) is 0 Å². The molecule has 2 saturated heterocycles. The van der Waals surface area contributed by atoms with Gasteiger partial charge in [-0.2, -0.15) is 0 Å². The maximum atomic E-state index is 15.2. The predicted molar refractivity (Wildman–Crippen MR) is 226 cm³/mol. The van der Waals surface area contributed by atoms with Crippen molar-refractivity contribution in [1.29, 1.82) is 0 Å². The summed E-state index contributed by atoms with van der Waals surface area (Å²) in [6, 6.07) is 17.8. The molecule has 2 unspecified atom stereocenters. The maximum absolute atomic E-state index is 15.2. The van der Waals surface area contributed by atoms with Crippen molar-refractivity contribution in [2.45, 2.75) is 82.2 Å². The van der Waals surface area contributed by atoms with Gasteiger partial charge in [-0.3, -0.25) is 21.2 Å². The van der Waals surface area contributed by atoms with Crippen LogP contribution in [0.2, 0.25) is 0 Å². The second-order valence-electron chi connectivity index (χ2n) is 13.2. The summed E-state index contributed by atoms with van der Waals surface area (Å²) in [7, 11) is 4.68. The average Bonchev–Trinajstić information content (AvgIpc) is 3.80. The molecule has 6 heterocycles. The molecule has 1 amide bonds. The van der Waals surface area contributed by atoms with Crippen molar-refractivity contribution in [3.8, 4) is 0 Å². The molecule has 0 saturated carbocycles. The third-order valence-electron chi connectivity index (χ3n) is 9.52. The van der Waals surface area contributed by atoms with Gasteiger partial charge in [-0.25, -0.2) is 23.5 Å². The third kappa shape index (κ3) is 14.2. The zero-order valence-electron chi connectivity index (χ0n) is 28.6. The Bertz CT molecular complexity index is 1520. The number of aromatic nitrogens is 2. The Kier molecular flexibility index (Phi) is 19.1. The number of carbonyl (C=O) groups is 1. The summed E-state index contributed by atoms with van der Waals surface area (Å²) in [6.07, 6.45) is 7.21. The van der Waals surface area contributed by atoms with E-state index >= 15 is 4.39 Å². The van der Waals surface area contributed by atoms with Gasteiger partial charge in [-0.1, -0.05) is 42.5 Å². The molecule has 4 aliphatic rings. The fourth-order valence-corrected chi connectivity index (χ4v) is 6.65. The number of nitrogens with one attached hydrogen (secondary N) is 3. The summed E-state index contributed by atoms with van der Waals surface area (Å²) in [5.41, 5.74) is 2.96. The van der Waals surface area contributed by atoms with Gasteiger partial charge in [0.05, 0.1) is 6.54 Å². The van der Waals surface area contributed by atoms with Crippen molar-refractivity contribution in [2.24, 2.45) is 0 Å². The summed E-state index contributed by atoms with van der Waals surface area (Å²) >= 11 is 6.47. The van der Waals surface area contributed by atoms with E-state index in [4.69, 9.17) is 4.74 Å². The predicted octanol–water partition coefficient (Wildman–Crippen LogP) is 8.85. The van der Waals surface area contributed by atoms with E-state index in [2.05, 4.69) is 93.9 Å². The SMILES string of the molecule is FC1(CCc2ccc3c(n2)NCCC3)CCNC1.O=C(OCc1ccccc1)N1CCC(F)(CCc2ccc3c(n2)NCCC3)C1.[I][V][I].[S-]I. The molecule has 0 radical (unpaired) electrons. The molecule has 3 N–H and O–H groups in total. The molecule has 0 aliphatic carbocycles. The van der Waals surface area contributed by atoms with Crippen LogP contribution in [0.3, 0.4) is 0 Å². The summed E-state index contributed by atoms with van der Waals surface area (Å²) < 4.78 is 34.8. The van der Waals surface area contributed by atoms with Crippen LogP contribution in [-0.2, 0) is 56.3 Å². The van der Waals surface area contributed by atoms with Crippen molar-refractivity contribution in [2.75, 3.05) is 49.9 Å². The molecule has 2 atom stereocenters. The number of fused-ring (bicyclic) bond motifs is 2.